The molecule has 0 saturated heterocycles. The predicted molar refractivity (Wildman–Crippen MR) is 99.7 cm³/mol. The van der Waals surface area contributed by atoms with Gasteiger partial charge in [0, 0.05) is 5.69 Å². The summed E-state index contributed by atoms with van der Waals surface area (Å²) >= 11 is 0. The van der Waals surface area contributed by atoms with Crippen molar-refractivity contribution in [3.05, 3.63) is 74.2 Å². The van der Waals surface area contributed by atoms with E-state index in [0.717, 1.165) is 11.3 Å². The van der Waals surface area contributed by atoms with E-state index in [2.05, 4.69) is 37.9 Å². The molecule has 0 fully saturated rings. The lowest BCUT2D eigenvalue weighted by molar-refractivity contribution is 0.103. The zero-order valence-electron chi connectivity index (χ0n) is 15.3. The Labute approximate surface area is 143 Å². The summed E-state index contributed by atoms with van der Waals surface area (Å²) in [6.45, 7) is 11.8. The number of ketones is 1. The Morgan fingerprint density at radius 3 is 2.17 bits per heavy atom. The number of pyridine rings is 1. The van der Waals surface area contributed by atoms with Gasteiger partial charge in [-0.1, -0.05) is 45.0 Å². The van der Waals surface area contributed by atoms with Gasteiger partial charge in [-0.05, 0) is 60.6 Å². The summed E-state index contributed by atoms with van der Waals surface area (Å²) in [7, 11) is 0. The quantitative estimate of drug-likeness (QED) is 0.664. The van der Waals surface area contributed by atoms with Gasteiger partial charge in [-0.25, -0.2) is 0 Å². The van der Waals surface area contributed by atoms with Crippen molar-refractivity contribution in [3.63, 3.8) is 0 Å². The first-order chi connectivity index (χ1) is 11.1. The van der Waals surface area contributed by atoms with E-state index in [1.807, 2.05) is 31.2 Å². The van der Waals surface area contributed by atoms with E-state index >= 15 is 0 Å². The van der Waals surface area contributed by atoms with Gasteiger partial charge in [0.2, 0.25) is 0 Å². The van der Waals surface area contributed by atoms with Crippen LogP contribution < -0.4 is 5.56 Å². The normalized spacial score (nSPS) is 12.3. The topological polar surface area (TPSA) is 49.9 Å². The molecule has 2 aromatic rings. The second kappa shape index (κ2) is 6.60. The first kappa shape index (κ1) is 17.9. The van der Waals surface area contributed by atoms with Crippen molar-refractivity contribution in [1.29, 1.82) is 0 Å². The van der Waals surface area contributed by atoms with Crippen molar-refractivity contribution in [3.8, 4) is 0 Å². The summed E-state index contributed by atoms with van der Waals surface area (Å²) in [5.41, 5.74) is 4.21. The third kappa shape index (κ3) is 3.91. The van der Waals surface area contributed by atoms with Crippen LogP contribution in [0.1, 0.15) is 60.4 Å². The van der Waals surface area contributed by atoms with Gasteiger partial charge < -0.3 is 4.98 Å². The monoisotopic (exact) mass is 323 g/mol. The average molecular weight is 323 g/mol. The van der Waals surface area contributed by atoms with Gasteiger partial charge in [0.25, 0.3) is 5.56 Å². The highest BCUT2D eigenvalue weighted by Gasteiger charge is 2.16. The summed E-state index contributed by atoms with van der Waals surface area (Å²) in [6, 6.07) is 9.98. The Hall–Kier alpha value is -2.42. The number of aryl methyl sites for hydroxylation is 2. The minimum Gasteiger partial charge on any atom is -0.326 e. The fourth-order valence-corrected chi connectivity index (χ4v) is 2.73. The molecule has 0 unspecified atom stereocenters. The molecule has 0 atom stereocenters. The van der Waals surface area contributed by atoms with Gasteiger partial charge >= 0.3 is 0 Å². The van der Waals surface area contributed by atoms with Crippen molar-refractivity contribution in [1.82, 2.24) is 4.98 Å². The SMILES string of the molecule is C/C(=C\c1ccc(C(C)(C)C)cc1)C(=O)c1c(C)cc(C)[nH]c1=O. The molecular formula is C21H25NO2. The number of H-pyrrole nitrogens is 1. The molecule has 0 aliphatic heterocycles. The first-order valence-electron chi connectivity index (χ1n) is 8.13. The highest BCUT2D eigenvalue weighted by Crippen LogP contribution is 2.23. The largest absolute Gasteiger partial charge is 0.326 e. The molecule has 1 N–H and O–H groups in total. The average Bonchev–Trinajstić information content (AvgIpc) is 2.45. The number of allylic oxidation sites excluding steroid dienone is 1. The molecular weight excluding hydrogens is 298 g/mol. The lowest BCUT2D eigenvalue weighted by Gasteiger charge is -2.18. The summed E-state index contributed by atoms with van der Waals surface area (Å²) in [6.07, 6.45) is 1.83. The Morgan fingerprint density at radius 2 is 1.67 bits per heavy atom. The number of carbonyl (C=O) groups is 1. The van der Waals surface area contributed by atoms with Gasteiger partial charge in [0.1, 0.15) is 0 Å². The second-order valence-corrected chi connectivity index (χ2v) is 7.37. The number of nitrogens with one attached hydrogen (secondary N) is 1. The fraction of sp³-hybridized carbons (Fsp3) is 0.333. The molecule has 3 nitrogen and oxygen atoms in total. The molecule has 24 heavy (non-hydrogen) atoms. The minimum atomic E-state index is -0.326. The molecule has 0 spiro atoms. The van der Waals surface area contributed by atoms with Crippen LogP contribution in [0.4, 0.5) is 0 Å². The van der Waals surface area contributed by atoms with Crippen LogP contribution in [-0.4, -0.2) is 10.8 Å². The Morgan fingerprint density at radius 1 is 1.08 bits per heavy atom. The van der Waals surface area contributed by atoms with Crippen LogP contribution >= 0.6 is 0 Å². The van der Waals surface area contributed by atoms with Crippen molar-refractivity contribution in [2.45, 2.75) is 47.0 Å². The molecule has 0 bridgehead atoms. The third-order valence-corrected chi connectivity index (χ3v) is 4.11. The highest BCUT2D eigenvalue weighted by molar-refractivity contribution is 6.11. The van der Waals surface area contributed by atoms with Crippen LogP contribution in [0, 0.1) is 13.8 Å². The van der Waals surface area contributed by atoms with Crippen molar-refractivity contribution in [2.75, 3.05) is 0 Å². The van der Waals surface area contributed by atoms with Crippen LogP contribution in [0.2, 0.25) is 0 Å². The lowest BCUT2D eigenvalue weighted by Crippen LogP contribution is -2.21. The van der Waals surface area contributed by atoms with Crippen LogP contribution in [0.25, 0.3) is 6.08 Å². The Kier molecular flexibility index (Phi) is 4.93. The summed E-state index contributed by atoms with van der Waals surface area (Å²) in [4.78, 5) is 27.5. The number of aromatic amines is 1. The number of benzene rings is 1. The molecule has 3 heteroatoms. The number of aromatic nitrogens is 1. The van der Waals surface area contributed by atoms with E-state index in [1.54, 1.807) is 13.8 Å². The standard InChI is InChI=1S/C21H25NO2/c1-13-11-15(3)22-20(24)18(13)19(23)14(2)12-16-7-9-17(10-8-16)21(4,5)6/h7-12H,1-6H3,(H,22,24)/b14-12+. The fourth-order valence-electron chi connectivity index (χ4n) is 2.73. The summed E-state index contributed by atoms with van der Waals surface area (Å²) in [5.74, 6) is -0.228. The van der Waals surface area contributed by atoms with Crippen molar-refractivity contribution >= 4 is 11.9 Å². The number of hydrogen-bond acceptors (Lipinski definition) is 2. The van der Waals surface area contributed by atoms with Crippen molar-refractivity contribution < 1.29 is 4.79 Å². The first-order valence-corrected chi connectivity index (χ1v) is 8.13. The molecule has 1 aromatic heterocycles. The molecule has 0 radical (unpaired) electrons. The van der Waals surface area contributed by atoms with Gasteiger partial charge in [-0.15, -0.1) is 0 Å². The van der Waals surface area contributed by atoms with E-state index in [-0.39, 0.29) is 22.3 Å². The minimum absolute atomic E-state index is 0.0966. The summed E-state index contributed by atoms with van der Waals surface area (Å²) < 4.78 is 0. The van der Waals surface area contributed by atoms with Gasteiger partial charge in [-0.3, -0.25) is 9.59 Å². The van der Waals surface area contributed by atoms with Gasteiger partial charge in [-0.2, -0.15) is 0 Å². The number of hydrogen-bond donors (Lipinski definition) is 1. The van der Waals surface area contributed by atoms with E-state index in [0.29, 0.717) is 11.1 Å². The molecule has 1 aromatic carbocycles. The van der Waals surface area contributed by atoms with Gasteiger partial charge in [0.15, 0.2) is 5.78 Å². The zero-order valence-corrected chi connectivity index (χ0v) is 15.3. The Bertz CT molecular complexity index is 847. The van der Waals surface area contributed by atoms with E-state index in [4.69, 9.17) is 0 Å². The van der Waals surface area contributed by atoms with Crippen LogP contribution in [0.15, 0.2) is 40.7 Å². The molecule has 126 valence electrons. The summed E-state index contributed by atoms with van der Waals surface area (Å²) in [5, 5.41) is 0. The maximum atomic E-state index is 12.6. The molecule has 0 aliphatic carbocycles. The van der Waals surface area contributed by atoms with E-state index in [1.165, 1.54) is 5.56 Å². The predicted octanol–water partition coefficient (Wildman–Crippen LogP) is 4.58. The number of carbonyl (C=O) groups excluding carboxylic acids is 1. The van der Waals surface area contributed by atoms with Gasteiger partial charge in [0.05, 0.1) is 5.56 Å². The maximum absolute atomic E-state index is 12.6. The van der Waals surface area contributed by atoms with Crippen LogP contribution in [0.3, 0.4) is 0 Å². The third-order valence-electron chi connectivity index (χ3n) is 4.11. The maximum Gasteiger partial charge on any atom is 0.259 e. The molecule has 1 heterocycles. The van der Waals surface area contributed by atoms with Crippen molar-refractivity contribution in [2.24, 2.45) is 0 Å². The molecule has 0 aliphatic rings. The van der Waals surface area contributed by atoms with Crippen LogP contribution in [0.5, 0.6) is 0 Å². The Balaban J connectivity index is 2.35. The number of Topliss-reactive ketones (excluding diaryl/α,β-unsaturated/α-hetero) is 1. The zero-order chi connectivity index (χ0) is 18.1. The molecule has 2 rings (SSSR count). The lowest BCUT2D eigenvalue weighted by atomic mass is 9.86. The number of rotatable bonds is 3. The smallest absolute Gasteiger partial charge is 0.259 e. The van der Waals surface area contributed by atoms with E-state index < -0.39 is 0 Å². The second-order valence-electron chi connectivity index (χ2n) is 7.37. The highest BCUT2D eigenvalue weighted by atomic mass is 16.1. The van der Waals surface area contributed by atoms with Crippen LogP contribution in [-0.2, 0) is 5.41 Å². The molecule has 0 amide bonds. The molecule has 0 saturated carbocycles. The van der Waals surface area contributed by atoms with E-state index in [9.17, 15) is 9.59 Å².